The number of thiophene rings is 2. The number of nitrogens with zero attached hydrogens (tertiary/aromatic N) is 1. The van der Waals surface area contributed by atoms with Crippen LogP contribution in [-0.2, 0) is 6.54 Å². The Hall–Kier alpha value is -2.84. The van der Waals surface area contributed by atoms with Gasteiger partial charge in [-0.15, -0.1) is 11.3 Å². The van der Waals surface area contributed by atoms with Gasteiger partial charge in [-0.05, 0) is 29.6 Å². The molecule has 0 bridgehead atoms. The molecule has 0 radical (unpaired) electrons. The summed E-state index contributed by atoms with van der Waals surface area (Å²) in [6, 6.07) is 10.8. The van der Waals surface area contributed by atoms with E-state index in [9.17, 15) is 19.7 Å². The molecule has 25 heavy (non-hydrogen) atoms. The molecule has 0 saturated carbocycles. The topological polar surface area (TPSA) is 89.3 Å². The Kier molecular flexibility index (Phi) is 5.01. The third-order valence-electron chi connectivity index (χ3n) is 3.41. The zero-order chi connectivity index (χ0) is 17.8. The molecule has 6 nitrogen and oxygen atoms in total. The van der Waals surface area contributed by atoms with Gasteiger partial charge in [0.15, 0.2) is 0 Å². The molecule has 8 heteroatoms. The highest BCUT2D eigenvalue weighted by atomic mass is 32.1. The predicted molar refractivity (Wildman–Crippen MR) is 96.3 cm³/mol. The third-order valence-corrected chi connectivity index (χ3v) is 5.18. The van der Waals surface area contributed by atoms with E-state index in [1.807, 2.05) is 5.38 Å². The van der Waals surface area contributed by atoms with E-state index in [2.05, 4.69) is 5.32 Å². The number of rotatable bonds is 6. The second-order valence-corrected chi connectivity index (χ2v) is 7.05. The van der Waals surface area contributed by atoms with Crippen molar-refractivity contribution in [2.75, 3.05) is 0 Å². The van der Waals surface area contributed by atoms with E-state index in [1.165, 1.54) is 46.9 Å². The van der Waals surface area contributed by atoms with Gasteiger partial charge in [0, 0.05) is 33.5 Å². The molecule has 0 atom stereocenters. The average molecular weight is 372 g/mol. The summed E-state index contributed by atoms with van der Waals surface area (Å²) >= 11 is 2.78. The van der Waals surface area contributed by atoms with E-state index in [0.717, 1.165) is 4.88 Å². The first kappa shape index (κ1) is 17.0. The normalized spacial score (nSPS) is 10.4. The molecule has 2 aromatic heterocycles. The van der Waals surface area contributed by atoms with Crippen molar-refractivity contribution in [2.24, 2.45) is 0 Å². The molecule has 1 N–H and O–H groups in total. The smallest absolute Gasteiger partial charge is 0.270 e. The van der Waals surface area contributed by atoms with E-state index >= 15 is 0 Å². The van der Waals surface area contributed by atoms with Crippen LogP contribution < -0.4 is 5.32 Å². The number of carbonyl (C=O) groups is 2. The lowest BCUT2D eigenvalue weighted by atomic mass is 10.2. The number of ketones is 1. The van der Waals surface area contributed by atoms with Gasteiger partial charge in [0.05, 0.1) is 16.3 Å². The number of hydrogen-bond donors (Lipinski definition) is 1. The van der Waals surface area contributed by atoms with Gasteiger partial charge in [0.25, 0.3) is 11.6 Å². The Morgan fingerprint density at radius 2 is 1.96 bits per heavy atom. The van der Waals surface area contributed by atoms with Crippen LogP contribution in [0.1, 0.15) is 30.5 Å². The summed E-state index contributed by atoms with van der Waals surface area (Å²) in [5.74, 6) is -0.440. The lowest BCUT2D eigenvalue weighted by molar-refractivity contribution is -0.384. The number of amides is 1. The van der Waals surface area contributed by atoms with Gasteiger partial charge < -0.3 is 5.32 Å². The van der Waals surface area contributed by atoms with Gasteiger partial charge in [-0.2, -0.15) is 11.3 Å². The first-order valence-corrected chi connectivity index (χ1v) is 8.99. The van der Waals surface area contributed by atoms with Gasteiger partial charge in [-0.25, -0.2) is 0 Å². The summed E-state index contributed by atoms with van der Waals surface area (Å²) in [5, 5.41) is 17.1. The molecule has 0 aliphatic carbocycles. The molecule has 0 aliphatic rings. The Bertz CT molecular complexity index is 932. The van der Waals surface area contributed by atoms with Crippen molar-refractivity contribution >= 4 is 40.1 Å². The summed E-state index contributed by atoms with van der Waals surface area (Å²) in [6.07, 6.45) is 0. The fourth-order valence-corrected chi connectivity index (χ4v) is 3.71. The minimum absolute atomic E-state index is 0.0393. The number of nitrogens with one attached hydrogen (secondary N) is 1. The zero-order valence-corrected chi connectivity index (χ0v) is 14.4. The fourth-order valence-electron chi connectivity index (χ4n) is 2.16. The second kappa shape index (κ2) is 7.37. The summed E-state index contributed by atoms with van der Waals surface area (Å²) < 4.78 is 0. The van der Waals surface area contributed by atoms with Crippen LogP contribution in [0, 0.1) is 10.1 Å². The van der Waals surface area contributed by atoms with Crippen LogP contribution in [0.25, 0.3) is 0 Å². The molecule has 0 unspecified atom stereocenters. The highest BCUT2D eigenvalue weighted by Gasteiger charge is 2.14. The summed E-state index contributed by atoms with van der Waals surface area (Å²) in [5.41, 5.74) is 0.742. The molecule has 0 saturated heterocycles. The van der Waals surface area contributed by atoms with Crippen molar-refractivity contribution in [3.63, 3.8) is 0 Å². The lowest BCUT2D eigenvalue weighted by Gasteiger charge is -2.03. The summed E-state index contributed by atoms with van der Waals surface area (Å²) in [7, 11) is 0. The largest absolute Gasteiger partial charge is 0.347 e. The Labute approximate surface area is 150 Å². The molecule has 3 aromatic rings. The highest BCUT2D eigenvalue weighted by molar-refractivity contribution is 7.14. The number of nitro benzene ring substituents is 1. The van der Waals surface area contributed by atoms with Gasteiger partial charge in [0.1, 0.15) is 0 Å². The maximum absolute atomic E-state index is 12.2. The van der Waals surface area contributed by atoms with E-state index in [1.54, 1.807) is 23.6 Å². The van der Waals surface area contributed by atoms with Crippen molar-refractivity contribution in [3.05, 3.63) is 84.2 Å². The SMILES string of the molecule is O=C(NCc1ccc(C(=O)c2ccsc2)s1)c1cccc([N+](=O)[O-])c1. The molecular weight excluding hydrogens is 360 g/mol. The van der Waals surface area contributed by atoms with E-state index in [-0.39, 0.29) is 23.6 Å². The van der Waals surface area contributed by atoms with Gasteiger partial charge >= 0.3 is 0 Å². The first-order chi connectivity index (χ1) is 12.0. The highest BCUT2D eigenvalue weighted by Crippen LogP contribution is 2.21. The molecule has 1 amide bonds. The zero-order valence-electron chi connectivity index (χ0n) is 12.8. The molecule has 0 aliphatic heterocycles. The molecular formula is C17H12N2O4S2. The Morgan fingerprint density at radius 3 is 2.68 bits per heavy atom. The van der Waals surface area contributed by atoms with Crippen molar-refractivity contribution in [2.45, 2.75) is 6.54 Å². The van der Waals surface area contributed by atoms with Crippen molar-refractivity contribution in [3.8, 4) is 0 Å². The van der Waals surface area contributed by atoms with Crippen molar-refractivity contribution in [1.82, 2.24) is 5.32 Å². The first-order valence-electron chi connectivity index (χ1n) is 7.23. The van der Waals surface area contributed by atoms with Crippen molar-refractivity contribution in [1.29, 1.82) is 0 Å². The van der Waals surface area contributed by atoms with Crippen LogP contribution in [0.15, 0.2) is 53.2 Å². The van der Waals surface area contributed by atoms with Crippen LogP contribution in [0.5, 0.6) is 0 Å². The quantitative estimate of drug-likeness (QED) is 0.404. The molecule has 1 aromatic carbocycles. The molecule has 3 rings (SSSR count). The van der Waals surface area contributed by atoms with Gasteiger partial charge in [0.2, 0.25) is 5.78 Å². The molecule has 0 fully saturated rings. The number of benzene rings is 1. The average Bonchev–Trinajstić information content (AvgIpc) is 3.31. The lowest BCUT2D eigenvalue weighted by Crippen LogP contribution is -2.22. The number of non-ortho nitro benzene ring substituents is 1. The monoisotopic (exact) mass is 372 g/mol. The Balaban J connectivity index is 1.64. The molecule has 126 valence electrons. The van der Waals surface area contributed by atoms with E-state index in [4.69, 9.17) is 0 Å². The van der Waals surface area contributed by atoms with Crippen LogP contribution >= 0.6 is 22.7 Å². The minimum Gasteiger partial charge on any atom is -0.347 e. The molecule has 0 spiro atoms. The number of nitro groups is 1. The van der Waals surface area contributed by atoms with E-state index in [0.29, 0.717) is 10.4 Å². The van der Waals surface area contributed by atoms with Gasteiger partial charge in [-0.3, -0.25) is 19.7 Å². The maximum atomic E-state index is 12.2. The predicted octanol–water partition coefficient (Wildman–Crippen LogP) is 3.88. The summed E-state index contributed by atoms with van der Waals surface area (Å²) in [6.45, 7) is 0.253. The maximum Gasteiger partial charge on any atom is 0.270 e. The number of hydrogen-bond acceptors (Lipinski definition) is 6. The second-order valence-electron chi connectivity index (χ2n) is 5.10. The van der Waals surface area contributed by atoms with Crippen LogP contribution in [-0.4, -0.2) is 16.6 Å². The third kappa shape index (κ3) is 3.98. The van der Waals surface area contributed by atoms with Crippen molar-refractivity contribution < 1.29 is 14.5 Å². The van der Waals surface area contributed by atoms with Crippen LogP contribution in [0.4, 0.5) is 5.69 Å². The van der Waals surface area contributed by atoms with Crippen LogP contribution in [0.3, 0.4) is 0 Å². The number of carbonyl (C=O) groups excluding carboxylic acids is 2. The minimum atomic E-state index is -0.543. The van der Waals surface area contributed by atoms with E-state index < -0.39 is 10.8 Å². The van der Waals surface area contributed by atoms with Gasteiger partial charge in [-0.1, -0.05) is 6.07 Å². The molecule has 2 heterocycles. The Morgan fingerprint density at radius 1 is 1.12 bits per heavy atom. The fraction of sp³-hybridized carbons (Fsp3) is 0.0588. The summed E-state index contributed by atoms with van der Waals surface area (Å²) in [4.78, 5) is 36.0. The van der Waals surface area contributed by atoms with Crippen LogP contribution in [0.2, 0.25) is 0 Å². The standard InChI is InChI=1S/C17H12N2O4S2/c20-16(12-6-7-24-10-12)15-5-4-14(25-15)9-18-17(21)11-2-1-3-13(8-11)19(22)23/h1-8,10H,9H2,(H,18,21).